The van der Waals surface area contributed by atoms with Crippen molar-refractivity contribution >= 4 is 0 Å². The van der Waals surface area contributed by atoms with Gasteiger partial charge < -0.3 is 29.5 Å². The smallest absolute Gasteiger partial charge is 0.176 e. The van der Waals surface area contributed by atoms with Gasteiger partial charge in [-0.25, -0.2) is 0 Å². The molecule has 0 saturated carbocycles. The van der Waals surface area contributed by atoms with E-state index in [2.05, 4.69) is 22.2 Å². The normalized spacial score (nSPS) is 35.6. The van der Waals surface area contributed by atoms with Crippen molar-refractivity contribution in [2.24, 2.45) is 0 Å². The van der Waals surface area contributed by atoms with Gasteiger partial charge in [-0.3, -0.25) is 4.90 Å². The quantitative estimate of drug-likeness (QED) is 0.756. The van der Waals surface area contributed by atoms with Gasteiger partial charge in [-0.05, 0) is 24.7 Å². The molecule has 0 amide bonds. The Morgan fingerprint density at radius 3 is 2.62 bits per heavy atom. The summed E-state index contributed by atoms with van der Waals surface area (Å²) in [5.41, 5.74) is 1.15. The van der Waals surface area contributed by atoms with Crippen molar-refractivity contribution in [1.82, 2.24) is 15.1 Å². The average molecular weight is 363 g/mol. The van der Waals surface area contributed by atoms with Crippen LogP contribution in [0.15, 0.2) is 24.3 Å². The second kappa shape index (κ2) is 7.80. The van der Waals surface area contributed by atoms with Crippen molar-refractivity contribution in [3.05, 3.63) is 29.8 Å². The van der Waals surface area contributed by atoms with E-state index in [0.29, 0.717) is 13.2 Å². The van der Waals surface area contributed by atoms with Gasteiger partial charge in [0.05, 0.1) is 31.9 Å². The number of ether oxygens (including phenoxy) is 3. The van der Waals surface area contributed by atoms with E-state index in [9.17, 15) is 5.11 Å². The molecule has 3 heterocycles. The summed E-state index contributed by atoms with van der Waals surface area (Å²) in [6.45, 7) is 5.07. The lowest BCUT2D eigenvalue weighted by Crippen LogP contribution is -2.66. The molecular weight excluding hydrogens is 334 g/mol. The molecule has 0 aromatic heterocycles. The van der Waals surface area contributed by atoms with Gasteiger partial charge in [0.1, 0.15) is 11.9 Å². The molecule has 3 fully saturated rings. The third-order valence-electron chi connectivity index (χ3n) is 5.79. The molecule has 26 heavy (non-hydrogen) atoms. The molecule has 0 spiro atoms. The Hall–Kier alpha value is -1.22. The van der Waals surface area contributed by atoms with E-state index < -0.39 is 6.10 Å². The third kappa shape index (κ3) is 3.60. The summed E-state index contributed by atoms with van der Waals surface area (Å²) >= 11 is 0. The van der Waals surface area contributed by atoms with Crippen LogP contribution in [-0.2, 0) is 16.0 Å². The lowest BCUT2D eigenvalue weighted by molar-refractivity contribution is -0.186. The molecule has 0 aliphatic carbocycles. The topological polar surface area (TPSA) is 66.4 Å². The molecule has 1 aromatic rings. The number of benzene rings is 1. The molecule has 0 unspecified atom stereocenters. The Morgan fingerprint density at radius 2 is 1.92 bits per heavy atom. The second-order valence-electron chi connectivity index (χ2n) is 7.45. The van der Waals surface area contributed by atoms with Crippen molar-refractivity contribution in [2.45, 2.75) is 37.1 Å². The largest absolute Gasteiger partial charge is 0.497 e. The summed E-state index contributed by atoms with van der Waals surface area (Å²) in [4.78, 5) is 4.63. The van der Waals surface area contributed by atoms with E-state index in [4.69, 9.17) is 14.2 Å². The fourth-order valence-electron chi connectivity index (χ4n) is 4.14. The van der Waals surface area contributed by atoms with Gasteiger partial charge in [0, 0.05) is 32.7 Å². The summed E-state index contributed by atoms with van der Waals surface area (Å²) in [6, 6.07) is 7.72. The van der Waals surface area contributed by atoms with Gasteiger partial charge in [0.25, 0.3) is 0 Å². The number of likely N-dealkylation sites (N-methyl/N-ethyl adjacent to an activating group) is 1. The number of fused-ring (bicyclic) bond motifs is 2. The minimum atomic E-state index is -0.511. The minimum absolute atomic E-state index is 0.100. The summed E-state index contributed by atoms with van der Waals surface area (Å²) in [5, 5.41) is 14.6. The van der Waals surface area contributed by atoms with E-state index in [1.54, 1.807) is 7.11 Å². The first-order valence-corrected chi connectivity index (χ1v) is 9.40. The van der Waals surface area contributed by atoms with Crippen molar-refractivity contribution in [3.63, 3.8) is 0 Å². The van der Waals surface area contributed by atoms with Crippen molar-refractivity contribution in [1.29, 1.82) is 0 Å². The number of piperazine rings is 1. The highest BCUT2D eigenvalue weighted by molar-refractivity contribution is 5.27. The van der Waals surface area contributed by atoms with Gasteiger partial charge in [-0.1, -0.05) is 12.1 Å². The van der Waals surface area contributed by atoms with Crippen LogP contribution in [0, 0.1) is 0 Å². The number of nitrogens with zero attached hydrogens (tertiary/aromatic N) is 2. The van der Waals surface area contributed by atoms with Crippen LogP contribution in [0.25, 0.3) is 0 Å². The lowest BCUT2D eigenvalue weighted by atomic mass is 9.94. The maximum atomic E-state index is 11.1. The van der Waals surface area contributed by atoms with Crippen LogP contribution in [0.2, 0.25) is 0 Å². The Kier molecular flexibility index (Phi) is 5.45. The number of methoxy groups -OCH3 is 1. The van der Waals surface area contributed by atoms with E-state index in [-0.39, 0.29) is 24.5 Å². The Morgan fingerprint density at radius 1 is 1.19 bits per heavy atom. The first kappa shape index (κ1) is 18.2. The van der Waals surface area contributed by atoms with E-state index in [1.165, 1.54) is 0 Å². The number of rotatable bonds is 5. The highest BCUT2D eigenvalue weighted by Crippen LogP contribution is 2.32. The predicted octanol–water partition coefficient (Wildman–Crippen LogP) is -0.115. The van der Waals surface area contributed by atoms with Crippen LogP contribution in [-0.4, -0.2) is 92.4 Å². The van der Waals surface area contributed by atoms with Crippen LogP contribution in [0.4, 0.5) is 0 Å². The maximum absolute atomic E-state index is 11.1. The summed E-state index contributed by atoms with van der Waals surface area (Å²) in [7, 11) is 3.80. The van der Waals surface area contributed by atoms with Gasteiger partial charge in [-0.15, -0.1) is 0 Å². The van der Waals surface area contributed by atoms with E-state index in [0.717, 1.165) is 37.5 Å². The van der Waals surface area contributed by atoms with E-state index in [1.807, 2.05) is 24.3 Å². The Bertz CT molecular complexity index is 591. The molecule has 144 valence electrons. The molecule has 3 aliphatic rings. The number of hydrogen-bond acceptors (Lipinski definition) is 7. The number of aliphatic hydroxyl groups excluding tert-OH is 1. The van der Waals surface area contributed by atoms with Crippen LogP contribution >= 0.6 is 0 Å². The van der Waals surface area contributed by atoms with E-state index >= 15 is 0 Å². The summed E-state index contributed by atoms with van der Waals surface area (Å²) in [6.07, 6.45) is -0.933. The van der Waals surface area contributed by atoms with Crippen molar-refractivity contribution in [2.75, 3.05) is 46.9 Å². The molecule has 5 atom stereocenters. The number of nitrogens with one attached hydrogen (secondary N) is 1. The molecule has 3 saturated heterocycles. The first-order valence-electron chi connectivity index (χ1n) is 9.40. The molecule has 2 bridgehead atoms. The maximum Gasteiger partial charge on any atom is 0.176 e. The fraction of sp³-hybridized carbons (Fsp3) is 0.684. The Labute approximate surface area is 154 Å². The Balaban J connectivity index is 1.41. The van der Waals surface area contributed by atoms with Crippen LogP contribution in [0.1, 0.15) is 5.56 Å². The van der Waals surface area contributed by atoms with Crippen molar-refractivity contribution in [3.8, 4) is 5.75 Å². The van der Waals surface area contributed by atoms with Crippen molar-refractivity contribution < 1.29 is 19.3 Å². The lowest BCUT2D eigenvalue weighted by Gasteiger charge is -2.46. The van der Waals surface area contributed by atoms with Gasteiger partial charge in [0.2, 0.25) is 0 Å². The molecule has 0 radical (unpaired) electrons. The van der Waals surface area contributed by atoms with Gasteiger partial charge in [0.15, 0.2) is 6.29 Å². The molecule has 4 rings (SSSR count). The van der Waals surface area contributed by atoms with Gasteiger partial charge >= 0.3 is 0 Å². The fourth-order valence-corrected chi connectivity index (χ4v) is 4.14. The predicted molar refractivity (Wildman–Crippen MR) is 97.1 cm³/mol. The summed E-state index contributed by atoms with van der Waals surface area (Å²) in [5.74, 6) is 0.844. The standard InChI is InChI=1S/C19H29N3O4/c1-21-7-9-22(10-8-21)17-18(23)16(15-12-25-19(17)26-15)20-11-13-3-5-14(24-2)6-4-13/h3-6,15-20,23H,7-12H2,1-2H3/t15-,16+,17-,18-,19+/m0/s1. The van der Waals surface area contributed by atoms with Gasteiger partial charge in [-0.2, -0.15) is 0 Å². The number of hydrogen-bond donors (Lipinski definition) is 2. The average Bonchev–Trinajstić information content (AvgIpc) is 3.09. The van der Waals surface area contributed by atoms with Crippen LogP contribution in [0.5, 0.6) is 5.75 Å². The zero-order valence-corrected chi connectivity index (χ0v) is 15.5. The molecule has 3 aliphatic heterocycles. The molecule has 7 heteroatoms. The first-order chi connectivity index (χ1) is 12.7. The monoisotopic (exact) mass is 363 g/mol. The third-order valence-corrected chi connectivity index (χ3v) is 5.79. The second-order valence-corrected chi connectivity index (χ2v) is 7.45. The zero-order valence-electron chi connectivity index (χ0n) is 15.5. The van der Waals surface area contributed by atoms with Crippen LogP contribution < -0.4 is 10.1 Å². The zero-order chi connectivity index (χ0) is 18.1. The molecule has 2 N–H and O–H groups in total. The SMILES string of the molecule is COc1ccc(CN[C@H]2[C@H](O)[C@H](N3CCN(C)CC3)[C@@H]3OC[C@@H]2O3)cc1. The summed E-state index contributed by atoms with van der Waals surface area (Å²) < 4.78 is 17.1. The minimum Gasteiger partial charge on any atom is -0.497 e. The molecule has 7 nitrogen and oxygen atoms in total. The molecular formula is C19H29N3O4. The highest BCUT2D eigenvalue weighted by atomic mass is 16.7. The number of aliphatic hydroxyl groups is 1. The molecule has 1 aromatic carbocycles. The van der Waals surface area contributed by atoms with Crippen LogP contribution in [0.3, 0.4) is 0 Å². The highest BCUT2D eigenvalue weighted by Gasteiger charge is 2.52.